The summed E-state index contributed by atoms with van der Waals surface area (Å²) in [6.45, 7) is 8.41. The third kappa shape index (κ3) is 8.18. The number of hydrogen-bond acceptors (Lipinski definition) is 6. The predicted molar refractivity (Wildman–Crippen MR) is 119 cm³/mol. The lowest BCUT2D eigenvalue weighted by molar-refractivity contribution is -0.142. The fraction of sp³-hybridized carbons (Fsp3) is 0.545. The Kier molecular flexibility index (Phi) is 10.1. The number of rotatable bonds is 11. The van der Waals surface area contributed by atoms with Gasteiger partial charge in [0.05, 0.1) is 6.04 Å². The highest BCUT2D eigenvalue weighted by molar-refractivity contribution is 5.94. The molecule has 0 aliphatic carbocycles. The lowest BCUT2D eigenvalue weighted by Crippen LogP contribution is -2.59. The Morgan fingerprint density at radius 2 is 1.25 bits per heavy atom. The summed E-state index contributed by atoms with van der Waals surface area (Å²) >= 11 is 0. The molecular weight excluding hydrogens is 416 g/mol. The first-order chi connectivity index (χ1) is 14.8. The number of nitrogens with one attached hydrogen (secondary N) is 3. The molecule has 10 heteroatoms. The van der Waals surface area contributed by atoms with E-state index >= 15 is 0 Å². The van der Waals surface area contributed by atoms with Crippen molar-refractivity contribution < 1.29 is 29.4 Å². The van der Waals surface area contributed by atoms with Gasteiger partial charge in [-0.15, -0.1) is 0 Å². The van der Waals surface area contributed by atoms with Crippen LogP contribution in [0.2, 0.25) is 0 Å². The second kappa shape index (κ2) is 12.0. The maximum absolute atomic E-state index is 12.9. The van der Waals surface area contributed by atoms with Gasteiger partial charge in [0, 0.05) is 6.42 Å². The quantitative estimate of drug-likeness (QED) is 0.278. The monoisotopic (exact) mass is 450 g/mol. The molecule has 0 spiro atoms. The minimum Gasteiger partial charge on any atom is -0.508 e. The van der Waals surface area contributed by atoms with E-state index in [-0.39, 0.29) is 24.0 Å². The van der Waals surface area contributed by atoms with Gasteiger partial charge in [-0.1, -0.05) is 39.8 Å². The zero-order chi connectivity index (χ0) is 24.6. The SMILES string of the molecule is CC(C)C(NC(=O)C(NC(=O)[C@H](C)N)C(C)C)C(=O)N[C@H](Cc1ccc(O)cc1)C(=O)O. The van der Waals surface area contributed by atoms with E-state index in [1.54, 1.807) is 39.8 Å². The molecule has 0 bridgehead atoms. The summed E-state index contributed by atoms with van der Waals surface area (Å²) in [7, 11) is 0. The minimum atomic E-state index is -1.23. The molecule has 7 N–H and O–H groups in total. The highest BCUT2D eigenvalue weighted by atomic mass is 16.4. The summed E-state index contributed by atoms with van der Waals surface area (Å²) in [5.74, 6) is -3.51. The second-order valence-electron chi connectivity index (χ2n) is 8.52. The molecule has 0 aromatic heterocycles. The Labute approximate surface area is 187 Å². The number of benzene rings is 1. The van der Waals surface area contributed by atoms with Gasteiger partial charge < -0.3 is 31.9 Å². The molecule has 10 nitrogen and oxygen atoms in total. The minimum absolute atomic E-state index is 0.000814. The summed E-state index contributed by atoms with van der Waals surface area (Å²) in [5.41, 5.74) is 6.17. The van der Waals surface area contributed by atoms with Crippen LogP contribution >= 0.6 is 0 Å². The summed E-state index contributed by atoms with van der Waals surface area (Å²) in [6.07, 6.45) is -0.000814. The van der Waals surface area contributed by atoms with Gasteiger partial charge in [-0.2, -0.15) is 0 Å². The van der Waals surface area contributed by atoms with Crippen LogP contribution in [0.25, 0.3) is 0 Å². The van der Waals surface area contributed by atoms with Crippen LogP contribution in [-0.4, -0.2) is 58.1 Å². The van der Waals surface area contributed by atoms with Crippen LogP contribution in [0.15, 0.2) is 24.3 Å². The Morgan fingerprint density at radius 1 is 0.812 bits per heavy atom. The van der Waals surface area contributed by atoms with E-state index in [0.29, 0.717) is 5.56 Å². The highest BCUT2D eigenvalue weighted by Gasteiger charge is 2.32. The number of carbonyl (C=O) groups is 4. The molecule has 178 valence electrons. The third-order valence-corrected chi connectivity index (χ3v) is 4.90. The lowest BCUT2D eigenvalue weighted by Gasteiger charge is -2.28. The van der Waals surface area contributed by atoms with Crippen LogP contribution in [0, 0.1) is 11.8 Å². The van der Waals surface area contributed by atoms with Gasteiger partial charge in [0.25, 0.3) is 0 Å². The zero-order valence-corrected chi connectivity index (χ0v) is 19.1. The van der Waals surface area contributed by atoms with Crippen molar-refractivity contribution in [3.05, 3.63) is 29.8 Å². The number of nitrogens with two attached hydrogens (primary N) is 1. The van der Waals surface area contributed by atoms with Crippen molar-refractivity contribution in [3.8, 4) is 5.75 Å². The maximum Gasteiger partial charge on any atom is 0.326 e. The number of aliphatic carboxylic acids is 1. The van der Waals surface area contributed by atoms with Crippen molar-refractivity contribution in [1.82, 2.24) is 16.0 Å². The number of carboxylic acids is 1. The summed E-state index contributed by atoms with van der Waals surface area (Å²) in [4.78, 5) is 49.3. The second-order valence-corrected chi connectivity index (χ2v) is 8.52. The van der Waals surface area contributed by atoms with Crippen molar-refractivity contribution in [2.45, 2.75) is 65.2 Å². The first-order valence-electron chi connectivity index (χ1n) is 10.5. The molecule has 1 aromatic rings. The number of hydrogen-bond donors (Lipinski definition) is 6. The molecule has 4 atom stereocenters. The topological polar surface area (TPSA) is 171 Å². The van der Waals surface area contributed by atoms with Crippen molar-refractivity contribution in [3.63, 3.8) is 0 Å². The predicted octanol–water partition coefficient (Wildman–Crippen LogP) is 0.133. The Balaban J connectivity index is 2.94. The summed E-state index contributed by atoms with van der Waals surface area (Å²) in [5, 5.41) is 26.6. The van der Waals surface area contributed by atoms with Gasteiger partial charge in [-0.25, -0.2) is 4.79 Å². The van der Waals surface area contributed by atoms with E-state index in [1.807, 2.05) is 0 Å². The molecule has 0 saturated heterocycles. The van der Waals surface area contributed by atoms with Crippen LogP contribution < -0.4 is 21.7 Å². The zero-order valence-electron chi connectivity index (χ0n) is 19.1. The molecule has 0 heterocycles. The molecule has 3 amide bonds. The van der Waals surface area contributed by atoms with E-state index in [4.69, 9.17) is 5.73 Å². The van der Waals surface area contributed by atoms with Gasteiger partial charge in [0.1, 0.15) is 23.9 Å². The molecular formula is C22H34N4O6. The van der Waals surface area contributed by atoms with Crippen LogP contribution in [-0.2, 0) is 25.6 Å². The molecule has 0 fully saturated rings. The van der Waals surface area contributed by atoms with Gasteiger partial charge in [-0.05, 0) is 36.5 Å². The maximum atomic E-state index is 12.9. The first kappa shape index (κ1) is 26.9. The molecule has 2 unspecified atom stereocenters. The van der Waals surface area contributed by atoms with Gasteiger partial charge in [0.15, 0.2) is 0 Å². The number of phenols is 1. The fourth-order valence-electron chi connectivity index (χ4n) is 2.93. The average Bonchev–Trinajstić information content (AvgIpc) is 2.69. The first-order valence-corrected chi connectivity index (χ1v) is 10.5. The van der Waals surface area contributed by atoms with Crippen molar-refractivity contribution in [2.24, 2.45) is 17.6 Å². The van der Waals surface area contributed by atoms with E-state index < -0.39 is 47.9 Å². The van der Waals surface area contributed by atoms with Gasteiger partial charge >= 0.3 is 5.97 Å². The Hall–Kier alpha value is -3.14. The molecule has 1 aromatic carbocycles. The Morgan fingerprint density at radius 3 is 1.66 bits per heavy atom. The van der Waals surface area contributed by atoms with Gasteiger partial charge in [-0.3, -0.25) is 14.4 Å². The number of carbonyl (C=O) groups excluding carboxylic acids is 3. The number of aromatic hydroxyl groups is 1. The van der Waals surface area contributed by atoms with Crippen molar-refractivity contribution in [2.75, 3.05) is 0 Å². The van der Waals surface area contributed by atoms with Crippen molar-refractivity contribution >= 4 is 23.7 Å². The molecule has 0 radical (unpaired) electrons. The highest BCUT2D eigenvalue weighted by Crippen LogP contribution is 2.12. The van der Waals surface area contributed by atoms with Crippen LogP contribution in [0.3, 0.4) is 0 Å². The van der Waals surface area contributed by atoms with Crippen LogP contribution in [0.4, 0.5) is 0 Å². The molecule has 0 aliphatic rings. The molecule has 32 heavy (non-hydrogen) atoms. The number of phenolic OH excluding ortho intramolecular Hbond substituents is 1. The fourth-order valence-corrected chi connectivity index (χ4v) is 2.93. The average molecular weight is 451 g/mol. The summed E-state index contributed by atoms with van der Waals surface area (Å²) < 4.78 is 0. The van der Waals surface area contributed by atoms with Crippen LogP contribution in [0.1, 0.15) is 40.2 Å². The van der Waals surface area contributed by atoms with E-state index in [9.17, 15) is 29.4 Å². The van der Waals surface area contributed by atoms with Crippen molar-refractivity contribution in [1.29, 1.82) is 0 Å². The molecule has 0 aliphatic heterocycles. The molecule has 0 saturated carbocycles. The summed E-state index contributed by atoms with van der Waals surface area (Å²) in [6, 6.07) is 2.02. The van der Waals surface area contributed by atoms with E-state index in [0.717, 1.165) is 0 Å². The smallest absolute Gasteiger partial charge is 0.326 e. The lowest BCUT2D eigenvalue weighted by atomic mass is 9.98. The van der Waals surface area contributed by atoms with Gasteiger partial charge in [0.2, 0.25) is 17.7 Å². The third-order valence-electron chi connectivity index (χ3n) is 4.90. The van der Waals surface area contributed by atoms with Crippen LogP contribution in [0.5, 0.6) is 5.75 Å². The number of amides is 3. The van der Waals surface area contributed by atoms with E-state index in [2.05, 4.69) is 16.0 Å². The number of carboxylic acid groups (broad SMARTS) is 1. The Bertz CT molecular complexity index is 807. The van der Waals surface area contributed by atoms with E-state index in [1.165, 1.54) is 19.1 Å². The largest absolute Gasteiger partial charge is 0.508 e. The standard InChI is InChI=1S/C22H34N4O6/c1-11(2)17(26-21(30)18(12(3)4)25-19(28)13(5)23)20(29)24-16(22(31)32)10-14-6-8-15(27)9-7-14/h6-9,11-13,16-18,27H,10,23H2,1-5H3,(H,24,29)(H,25,28)(H,26,30)(H,31,32)/t13-,16+,17?,18?/m0/s1. The normalized spacial score (nSPS) is 14.9. The molecule has 1 rings (SSSR count).